The van der Waals surface area contributed by atoms with Crippen LogP contribution in [0.2, 0.25) is 0 Å². The van der Waals surface area contributed by atoms with Crippen LogP contribution in [0.3, 0.4) is 0 Å². The number of aliphatic carboxylic acids is 1. The highest BCUT2D eigenvalue weighted by Crippen LogP contribution is 2.38. The fourth-order valence-corrected chi connectivity index (χ4v) is 2.62. The topological polar surface area (TPSA) is 60.9 Å². The second-order valence-electron chi connectivity index (χ2n) is 5.85. The third-order valence-corrected chi connectivity index (χ3v) is 4.28. The van der Waals surface area contributed by atoms with Crippen molar-refractivity contribution in [2.24, 2.45) is 11.3 Å². The Morgan fingerprint density at radius 1 is 1.42 bits per heavy atom. The molecule has 1 atom stereocenters. The lowest BCUT2D eigenvalue weighted by Crippen LogP contribution is -2.44. The van der Waals surface area contributed by atoms with Crippen LogP contribution in [0, 0.1) is 11.3 Å². The summed E-state index contributed by atoms with van der Waals surface area (Å²) >= 11 is 0. The molecule has 1 saturated heterocycles. The molecule has 0 radical (unpaired) electrons. The van der Waals surface area contributed by atoms with E-state index in [0.29, 0.717) is 19.5 Å². The molecule has 2 amide bonds. The van der Waals surface area contributed by atoms with Crippen LogP contribution in [0.25, 0.3) is 0 Å². The van der Waals surface area contributed by atoms with Crippen molar-refractivity contribution in [1.82, 2.24) is 9.80 Å². The van der Waals surface area contributed by atoms with E-state index >= 15 is 0 Å². The molecule has 1 unspecified atom stereocenters. The highest BCUT2D eigenvalue weighted by atomic mass is 16.4. The molecule has 1 N–H and O–H groups in total. The highest BCUT2D eigenvalue weighted by Gasteiger charge is 2.48. The van der Waals surface area contributed by atoms with E-state index in [0.717, 1.165) is 19.4 Å². The quantitative estimate of drug-likeness (QED) is 0.833. The smallest absolute Gasteiger partial charge is 0.319 e. The summed E-state index contributed by atoms with van der Waals surface area (Å²) in [7, 11) is 1.79. The average Bonchev–Trinajstić information content (AvgIpc) is 2.81. The van der Waals surface area contributed by atoms with Crippen molar-refractivity contribution in [2.75, 3.05) is 26.7 Å². The van der Waals surface area contributed by atoms with Gasteiger partial charge in [0.2, 0.25) is 0 Å². The van der Waals surface area contributed by atoms with Crippen molar-refractivity contribution >= 4 is 12.0 Å². The van der Waals surface area contributed by atoms with E-state index in [2.05, 4.69) is 6.92 Å². The number of hydrogen-bond acceptors (Lipinski definition) is 2. The molecule has 0 saturated carbocycles. The first-order chi connectivity index (χ1) is 8.85. The van der Waals surface area contributed by atoms with Crippen LogP contribution in [0.4, 0.5) is 4.79 Å². The van der Waals surface area contributed by atoms with Gasteiger partial charge in [-0.15, -0.1) is 0 Å². The van der Waals surface area contributed by atoms with Gasteiger partial charge in [0.1, 0.15) is 0 Å². The van der Waals surface area contributed by atoms with Gasteiger partial charge in [-0.3, -0.25) is 4.79 Å². The van der Waals surface area contributed by atoms with Gasteiger partial charge in [0.15, 0.2) is 0 Å². The number of urea groups is 1. The number of nitrogens with zero attached hydrogens (tertiary/aromatic N) is 2. The fourth-order valence-electron chi connectivity index (χ4n) is 2.62. The summed E-state index contributed by atoms with van der Waals surface area (Å²) in [5, 5.41) is 9.46. The van der Waals surface area contributed by atoms with Crippen molar-refractivity contribution in [3.63, 3.8) is 0 Å². The van der Waals surface area contributed by atoms with E-state index in [9.17, 15) is 14.7 Å². The first-order valence-electron chi connectivity index (χ1n) is 7.08. The molecule has 1 aliphatic rings. The number of rotatable bonds is 5. The van der Waals surface area contributed by atoms with Crippen molar-refractivity contribution in [2.45, 2.75) is 40.0 Å². The largest absolute Gasteiger partial charge is 0.481 e. The zero-order chi connectivity index (χ0) is 14.6. The number of carboxylic acid groups (broad SMARTS) is 1. The molecule has 0 aromatic carbocycles. The maximum Gasteiger partial charge on any atom is 0.319 e. The van der Waals surface area contributed by atoms with Crippen LogP contribution in [0.5, 0.6) is 0 Å². The van der Waals surface area contributed by atoms with Crippen LogP contribution in [-0.4, -0.2) is 53.6 Å². The molecule has 5 heteroatoms. The van der Waals surface area contributed by atoms with Crippen LogP contribution < -0.4 is 0 Å². The van der Waals surface area contributed by atoms with E-state index < -0.39 is 11.4 Å². The Labute approximate surface area is 115 Å². The number of likely N-dealkylation sites (tertiary alicyclic amines) is 1. The highest BCUT2D eigenvalue weighted by molar-refractivity contribution is 5.80. The minimum absolute atomic E-state index is 0.0312. The molecule has 1 fully saturated rings. The number of amides is 2. The summed E-state index contributed by atoms with van der Waals surface area (Å²) in [5.74, 6) is -0.752. The lowest BCUT2D eigenvalue weighted by Gasteiger charge is -2.30. The minimum Gasteiger partial charge on any atom is -0.481 e. The maximum absolute atomic E-state index is 12.2. The predicted octanol–water partition coefficient (Wildman–Crippen LogP) is 2.27. The second-order valence-corrected chi connectivity index (χ2v) is 5.85. The zero-order valence-corrected chi connectivity index (χ0v) is 12.5. The van der Waals surface area contributed by atoms with Gasteiger partial charge in [0.25, 0.3) is 0 Å². The fraction of sp³-hybridized carbons (Fsp3) is 0.857. The molecule has 19 heavy (non-hydrogen) atoms. The van der Waals surface area contributed by atoms with Crippen molar-refractivity contribution in [3.05, 3.63) is 0 Å². The summed E-state index contributed by atoms with van der Waals surface area (Å²) in [6.45, 7) is 7.52. The van der Waals surface area contributed by atoms with Gasteiger partial charge in [-0.05, 0) is 18.8 Å². The number of unbranched alkanes of at least 4 members (excludes halogenated alkanes) is 1. The second kappa shape index (κ2) is 6.26. The molecule has 0 aromatic heterocycles. The first-order valence-corrected chi connectivity index (χ1v) is 7.08. The van der Waals surface area contributed by atoms with Crippen molar-refractivity contribution in [3.8, 4) is 0 Å². The van der Waals surface area contributed by atoms with E-state index in [4.69, 9.17) is 0 Å². The third kappa shape index (κ3) is 3.19. The Morgan fingerprint density at radius 2 is 2.05 bits per heavy atom. The Hall–Kier alpha value is -1.26. The number of carboxylic acids is 1. The van der Waals surface area contributed by atoms with Gasteiger partial charge in [0, 0.05) is 26.7 Å². The van der Waals surface area contributed by atoms with Crippen LogP contribution in [0.1, 0.15) is 40.0 Å². The Morgan fingerprint density at radius 3 is 2.47 bits per heavy atom. The Bertz CT molecular complexity index is 344. The lowest BCUT2D eigenvalue weighted by atomic mass is 9.76. The van der Waals surface area contributed by atoms with E-state index in [1.54, 1.807) is 16.8 Å². The van der Waals surface area contributed by atoms with E-state index in [1.165, 1.54) is 0 Å². The molecule has 0 aromatic rings. The third-order valence-electron chi connectivity index (χ3n) is 4.28. The van der Waals surface area contributed by atoms with Gasteiger partial charge in [-0.2, -0.15) is 0 Å². The zero-order valence-electron chi connectivity index (χ0n) is 12.5. The average molecular weight is 270 g/mol. The number of carbonyl (C=O) groups is 2. The SMILES string of the molecule is CCCCN(C)C(=O)N1CCC(C(=O)O)(C(C)C)C1. The number of hydrogen-bond donors (Lipinski definition) is 1. The van der Waals surface area contributed by atoms with Crippen LogP contribution >= 0.6 is 0 Å². The molecule has 0 spiro atoms. The van der Waals surface area contributed by atoms with Crippen LogP contribution in [-0.2, 0) is 4.79 Å². The predicted molar refractivity (Wildman–Crippen MR) is 74.0 cm³/mol. The van der Waals surface area contributed by atoms with Gasteiger partial charge in [0.05, 0.1) is 5.41 Å². The summed E-state index contributed by atoms with van der Waals surface area (Å²) in [5.41, 5.74) is -0.777. The molecule has 110 valence electrons. The minimum atomic E-state index is -0.783. The van der Waals surface area contributed by atoms with Crippen molar-refractivity contribution in [1.29, 1.82) is 0 Å². The Balaban J connectivity index is 2.69. The lowest BCUT2D eigenvalue weighted by molar-refractivity contribution is -0.150. The summed E-state index contributed by atoms with van der Waals surface area (Å²) in [4.78, 5) is 27.1. The molecular formula is C14H26N2O3. The summed E-state index contributed by atoms with van der Waals surface area (Å²) in [6, 6.07) is -0.0442. The Kier molecular flexibility index (Phi) is 5.20. The van der Waals surface area contributed by atoms with E-state index in [-0.39, 0.29) is 11.9 Å². The molecule has 1 rings (SSSR count). The molecule has 1 aliphatic heterocycles. The molecular weight excluding hydrogens is 244 g/mol. The van der Waals surface area contributed by atoms with Crippen molar-refractivity contribution < 1.29 is 14.7 Å². The maximum atomic E-state index is 12.2. The van der Waals surface area contributed by atoms with Gasteiger partial charge >= 0.3 is 12.0 Å². The molecule has 0 bridgehead atoms. The van der Waals surface area contributed by atoms with Gasteiger partial charge in [-0.1, -0.05) is 27.2 Å². The normalized spacial score (nSPS) is 22.9. The molecule has 0 aliphatic carbocycles. The van der Waals surface area contributed by atoms with Crippen LogP contribution in [0.15, 0.2) is 0 Å². The molecule has 1 heterocycles. The molecule has 5 nitrogen and oxygen atoms in total. The number of carbonyl (C=O) groups excluding carboxylic acids is 1. The first kappa shape index (κ1) is 15.8. The van der Waals surface area contributed by atoms with Gasteiger partial charge < -0.3 is 14.9 Å². The summed E-state index contributed by atoms with van der Waals surface area (Å²) < 4.78 is 0. The van der Waals surface area contributed by atoms with E-state index in [1.807, 2.05) is 13.8 Å². The standard InChI is InChI=1S/C14H26N2O3/c1-5-6-8-15(4)13(19)16-9-7-14(10-16,11(2)3)12(17)18/h11H,5-10H2,1-4H3,(H,17,18). The van der Waals surface area contributed by atoms with Gasteiger partial charge in [-0.25, -0.2) is 4.79 Å². The summed E-state index contributed by atoms with van der Waals surface area (Å²) in [6.07, 6.45) is 2.57. The monoisotopic (exact) mass is 270 g/mol.